The Balaban J connectivity index is 3.18. The number of β-lactam (4-membered cyclic amide) rings is 1. The highest BCUT2D eigenvalue weighted by Crippen LogP contribution is 2.61. The lowest BCUT2D eigenvalue weighted by molar-refractivity contribution is -0.306. The van der Waals surface area contributed by atoms with Gasteiger partial charge in [-0.1, -0.05) is 83.1 Å². The number of nitrogens with zero attached hydrogens (tertiary/aromatic N) is 2. The van der Waals surface area contributed by atoms with Gasteiger partial charge in [-0.25, -0.2) is 4.79 Å². The first kappa shape index (κ1) is 32.7. The van der Waals surface area contributed by atoms with Crippen molar-refractivity contribution in [1.82, 2.24) is 4.90 Å². The van der Waals surface area contributed by atoms with Crippen LogP contribution in [0.15, 0.2) is 16.3 Å². The number of esters is 1. The lowest BCUT2D eigenvalue weighted by Crippen LogP contribution is -2.84. The monoisotopic (exact) mass is 546 g/mol. The normalized spacial score (nSPS) is 26.2. The van der Waals surface area contributed by atoms with E-state index in [4.69, 9.17) is 14.5 Å². The maximum absolute atomic E-state index is 14.6. The third-order valence-corrected chi connectivity index (χ3v) is 7.01. The summed E-state index contributed by atoms with van der Waals surface area (Å²) in [6.07, 6.45) is 0. The second kappa shape index (κ2) is 9.55. The molecular weight excluding hydrogens is 496 g/mol. The summed E-state index contributed by atoms with van der Waals surface area (Å²) in [5.74, 6) is -4.11. The van der Waals surface area contributed by atoms with Crippen molar-refractivity contribution in [2.45, 2.75) is 129 Å². The maximum atomic E-state index is 14.6. The van der Waals surface area contributed by atoms with Crippen molar-refractivity contribution in [2.75, 3.05) is 0 Å². The Morgan fingerprint density at radius 3 is 1.62 bits per heavy atom. The average molecular weight is 547 g/mol. The molecule has 1 saturated heterocycles. The number of ketones is 2. The molecule has 0 aromatic rings. The molecule has 0 unspecified atom stereocenters. The first-order valence-electron chi connectivity index (χ1n) is 13.9. The Morgan fingerprint density at radius 1 is 0.795 bits per heavy atom. The average Bonchev–Trinajstić information content (AvgIpc) is 2.69. The van der Waals surface area contributed by atoms with Crippen molar-refractivity contribution < 1.29 is 28.7 Å². The lowest BCUT2D eigenvalue weighted by Gasteiger charge is -2.63. The van der Waals surface area contributed by atoms with Crippen LogP contribution in [-0.2, 0) is 28.7 Å². The fourth-order valence-electron chi connectivity index (χ4n) is 5.19. The van der Waals surface area contributed by atoms with Gasteiger partial charge in [-0.2, -0.15) is 0 Å². The number of allylic oxidation sites excluding steroid dienone is 1. The number of carbonyl (C=O) groups excluding carboxylic acids is 4. The second-order valence-electron chi connectivity index (χ2n) is 15.5. The molecule has 0 aromatic heterocycles. The molecule has 0 bridgehead atoms. The molecule has 0 saturated carbocycles. The van der Waals surface area contributed by atoms with Gasteiger partial charge in [-0.05, 0) is 27.7 Å². The molecule has 0 aliphatic carbocycles. The predicted molar refractivity (Wildman–Crippen MR) is 152 cm³/mol. The summed E-state index contributed by atoms with van der Waals surface area (Å²) in [6, 6.07) is -0.573. The largest absolute Gasteiger partial charge is 0.452 e. The number of hydrogen-bond donors (Lipinski definition) is 0. The van der Waals surface area contributed by atoms with Gasteiger partial charge >= 0.3 is 5.97 Å². The van der Waals surface area contributed by atoms with Crippen molar-refractivity contribution in [3.8, 4) is 0 Å². The molecular formula is C31H50N2O6. The fourth-order valence-corrected chi connectivity index (χ4v) is 5.19. The van der Waals surface area contributed by atoms with Crippen LogP contribution in [0.5, 0.6) is 0 Å². The first-order chi connectivity index (χ1) is 17.2. The standard InChI is InChI=1S/C31H50N2O6/c1-17(2)32-24-30(23(36)28(11,12)13,25(37)33(24)18(3)4)31(29(14,15)16)38-21(27(8,9)10)19(22(35)39-31)20(34)26(5,6)7/h17-18H,1-16H3/t30-,31-/m1/s1. The van der Waals surface area contributed by atoms with E-state index in [1.807, 2.05) is 48.5 Å². The van der Waals surface area contributed by atoms with E-state index in [9.17, 15) is 19.2 Å². The van der Waals surface area contributed by atoms with Gasteiger partial charge in [-0.15, -0.1) is 0 Å². The molecule has 8 heteroatoms. The zero-order chi connectivity index (χ0) is 30.9. The number of cyclic esters (lactones) is 1. The minimum absolute atomic E-state index is 0.106. The Hall–Kier alpha value is -2.51. The van der Waals surface area contributed by atoms with Gasteiger partial charge in [0.25, 0.3) is 11.7 Å². The highest BCUT2D eigenvalue weighted by molar-refractivity contribution is 6.38. The van der Waals surface area contributed by atoms with E-state index in [1.54, 1.807) is 62.3 Å². The number of carbonyl (C=O) groups is 4. The van der Waals surface area contributed by atoms with Crippen LogP contribution in [0.2, 0.25) is 0 Å². The molecule has 2 rings (SSSR count). The van der Waals surface area contributed by atoms with Crippen molar-refractivity contribution >= 4 is 29.3 Å². The third kappa shape index (κ3) is 4.97. The van der Waals surface area contributed by atoms with Crippen molar-refractivity contribution in [3.05, 3.63) is 11.3 Å². The van der Waals surface area contributed by atoms with Crippen molar-refractivity contribution in [1.29, 1.82) is 0 Å². The molecule has 2 heterocycles. The Kier molecular flexibility index (Phi) is 8.01. The minimum Gasteiger partial charge on any atom is -0.452 e. The van der Waals surface area contributed by atoms with E-state index >= 15 is 0 Å². The van der Waals surface area contributed by atoms with E-state index < -0.39 is 56.3 Å². The van der Waals surface area contributed by atoms with Gasteiger partial charge in [0.05, 0.1) is 0 Å². The van der Waals surface area contributed by atoms with Crippen molar-refractivity contribution in [2.24, 2.45) is 32.1 Å². The first-order valence-corrected chi connectivity index (χ1v) is 13.9. The molecule has 0 N–H and O–H groups in total. The summed E-state index contributed by atoms with van der Waals surface area (Å²) in [7, 11) is 0. The van der Waals surface area contributed by atoms with Gasteiger partial charge in [0.15, 0.2) is 11.6 Å². The quantitative estimate of drug-likeness (QED) is 0.185. The van der Waals surface area contributed by atoms with E-state index in [0.29, 0.717) is 0 Å². The number of aliphatic imine (C=N–C) groups is 1. The van der Waals surface area contributed by atoms with Crippen LogP contribution in [0, 0.1) is 27.1 Å². The zero-order valence-corrected chi connectivity index (χ0v) is 27.0. The van der Waals surface area contributed by atoms with Crippen LogP contribution in [0.25, 0.3) is 0 Å². The Bertz CT molecular complexity index is 1130. The van der Waals surface area contributed by atoms with Crippen LogP contribution >= 0.6 is 0 Å². The predicted octanol–water partition coefficient (Wildman–Crippen LogP) is 5.88. The van der Waals surface area contributed by atoms with Crippen LogP contribution < -0.4 is 0 Å². The third-order valence-electron chi connectivity index (χ3n) is 7.01. The molecule has 220 valence electrons. The summed E-state index contributed by atoms with van der Waals surface area (Å²) in [5, 5.41) is 0. The van der Waals surface area contributed by atoms with Gasteiger partial charge in [-0.3, -0.25) is 24.3 Å². The molecule has 2 aliphatic heterocycles. The van der Waals surface area contributed by atoms with Gasteiger partial charge < -0.3 is 9.47 Å². The highest BCUT2D eigenvalue weighted by Gasteiger charge is 2.83. The van der Waals surface area contributed by atoms with Gasteiger partial charge in [0.2, 0.25) is 5.41 Å². The molecule has 8 nitrogen and oxygen atoms in total. The molecule has 0 radical (unpaired) electrons. The van der Waals surface area contributed by atoms with E-state index in [-0.39, 0.29) is 29.3 Å². The number of ether oxygens (including phenoxy) is 2. The summed E-state index contributed by atoms with van der Waals surface area (Å²) in [5.41, 5.74) is -6.12. The van der Waals surface area contributed by atoms with Crippen molar-refractivity contribution in [3.63, 3.8) is 0 Å². The van der Waals surface area contributed by atoms with E-state index in [2.05, 4.69) is 0 Å². The zero-order valence-electron chi connectivity index (χ0n) is 27.0. The number of rotatable bonds is 5. The topological polar surface area (TPSA) is 102 Å². The number of amidine groups is 1. The van der Waals surface area contributed by atoms with Gasteiger partial charge in [0.1, 0.15) is 17.2 Å². The Labute approximate surface area is 235 Å². The lowest BCUT2D eigenvalue weighted by atomic mass is 9.54. The van der Waals surface area contributed by atoms with Gasteiger partial charge in [0, 0.05) is 33.7 Å². The smallest absolute Gasteiger partial charge is 0.348 e. The van der Waals surface area contributed by atoms with Crippen LogP contribution in [0.1, 0.15) is 111 Å². The molecule has 2 atom stereocenters. The summed E-state index contributed by atoms with van der Waals surface area (Å²) < 4.78 is 13.0. The molecule has 0 spiro atoms. The SMILES string of the molecule is CC(C)N=C1N(C(C)C)C(=O)[C@]1(C(=O)C(C)(C)C)[C@@]1(C(C)(C)C)OC(=O)C(C(=O)C(C)(C)C)=C(C(C)(C)C)O1. The van der Waals surface area contributed by atoms with E-state index in [0.717, 1.165) is 0 Å². The fraction of sp³-hybridized carbons (Fsp3) is 0.774. The Morgan fingerprint density at radius 2 is 1.28 bits per heavy atom. The second-order valence-corrected chi connectivity index (χ2v) is 15.5. The number of hydrogen-bond acceptors (Lipinski definition) is 7. The van der Waals surface area contributed by atoms with E-state index in [1.165, 1.54) is 4.90 Å². The molecule has 1 fully saturated rings. The maximum Gasteiger partial charge on any atom is 0.348 e. The molecule has 2 aliphatic rings. The summed E-state index contributed by atoms with van der Waals surface area (Å²) >= 11 is 0. The molecule has 1 amide bonds. The number of likely N-dealkylation sites (tertiary alicyclic amines) is 1. The summed E-state index contributed by atoms with van der Waals surface area (Å²) in [6.45, 7) is 28.5. The minimum atomic E-state index is -2.11. The van der Waals surface area contributed by atoms with Crippen LogP contribution in [0.3, 0.4) is 0 Å². The highest BCUT2D eigenvalue weighted by atomic mass is 16.7. The summed E-state index contributed by atoms with van der Waals surface area (Å²) in [4.78, 5) is 63.0. The van der Waals surface area contributed by atoms with Crippen LogP contribution in [0.4, 0.5) is 0 Å². The molecule has 39 heavy (non-hydrogen) atoms. The molecule has 0 aromatic carbocycles. The number of amides is 1. The number of Topliss-reactive ketones (excluding diaryl/α,β-unsaturated/α-hetero) is 2. The van der Waals surface area contributed by atoms with Crippen LogP contribution in [-0.4, -0.2) is 52.0 Å².